The first kappa shape index (κ1) is 34.5. The first-order valence-corrected chi connectivity index (χ1v) is 12.8. The van der Waals surface area contributed by atoms with Crippen LogP contribution in [0.2, 0.25) is 0 Å². The van der Waals surface area contributed by atoms with Crippen molar-refractivity contribution < 1.29 is 0 Å². The summed E-state index contributed by atoms with van der Waals surface area (Å²) in [5.41, 5.74) is 4.90. The lowest BCUT2D eigenvalue weighted by atomic mass is 10.4. The molecule has 12 heteroatoms. The Bertz CT molecular complexity index is 1110. The molecule has 0 spiro atoms. The van der Waals surface area contributed by atoms with Crippen molar-refractivity contribution in [3.63, 3.8) is 0 Å². The summed E-state index contributed by atoms with van der Waals surface area (Å²) < 4.78 is 0. The quantitative estimate of drug-likeness (QED) is 0.251. The highest BCUT2D eigenvalue weighted by Crippen LogP contribution is 1.86. The van der Waals surface area contributed by atoms with Gasteiger partial charge in [-0.05, 0) is 89.2 Å². The maximum atomic E-state index is 3.98. The second kappa shape index (κ2) is 23.4. The molecule has 0 aromatic carbocycles. The highest BCUT2D eigenvalue weighted by atomic mass is 15.3. The minimum atomic E-state index is 0.822. The summed E-state index contributed by atoms with van der Waals surface area (Å²) in [5, 5.41) is 17.9. The molecule has 0 fully saturated rings. The van der Waals surface area contributed by atoms with Gasteiger partial charge in [-0.1, -0.05) is 6.07 Å². The van der Waals surface area contributed by atoms with Crippen molar-refractivity contribution in [1.29, 1.82) is 0 Å². The van der Waals surface area contributed by atoms with Crippen molar-refractivity contribution in [3.05, 3.63) is 145 Å². The van der Waals surface area contributed by atoms with E-state index < -0.39 is 0 Å². The first-order valence-electron chi connectivity index (χ1n) is 12.8. The van der Waals surface area contributed by atoms with Gasteiger partial charge in [0.05, 0.1) is 23.3 Å². The van der Waals surface area contributed by atoms with Crippen LogP contribution in [0, 0.1) is 41.5 Å². The second-order valence-electron chi connectivity index (χ2n) is 8.09. The van der Waals surface area contributed by atoms with Crippen molar-refractivity contribution in [2.75, 3.05) is 0 Å². The minimum Gasteiger partial charge on any atom is -0.262 e. The molecule has 6 aromatic heterocycles. The van der Waals surface area contributed by atoms with Gasteiger partial charge >= 0.3 is 0 Å². The second-order valence-corrected chi connectivity index (χ2v) is 8.09. The molecular formula is C30H36N12. The van der Waals surface area contributed by atoms with Crippen LogP contribution in [0.15, 0.2) is 111 Å². The monoisotopic (exact) mass is 564 g/mol. The average molecular weight is 565 g/mol. The molecule has 0 radical (unpaired) electrons. The van der Waals surface area contributed by atoms with E-state index in [1.807, 2.05) is 77.9 Å². The maximum absolute atomic E-state index is 3.98. The van der Waals surface area contributed by atoms with Gasteiger partial charge in [0.25, 0.3) is 0 Å². The summed E-state index contributed by atoms with van der Waals surface area (Å²) in [7, 11) is 0. The lowest BCUT2D eigenvalue weighted by Gasteiger charge is -1.82. The smallest absolute Gasteiger partial charge is 0.125 e. The summed E-state index contributed by atoms with van der Waals surface area (Å²) in [6.45, 7) is 11.5. The van der Waals surface area contributed by atoms with Crippen molar-refractivity contribution in [2.45, 2.75) is 41.5 Å². The van der Waals surface area contributed by atoms with Crippen molar-refractivity contribution in [2.24, 2.45) is 0 Å². The molecule has 6 heterocycles. The number of rotatable bonds is 0. The third-order valence-electron chi connectivity index (χ3n) is 4.27. The van der Waals surface area contributed by atoms with Gasteiger partial charge in [-0.25, -0.2) is 19.9 Å². The molecule has 42 heavy (non-hydrogen) atoms. The van der Waals surface area contributed by atoms with Crippen molar-refractivity contribution >= 4 is 0 Å². The predicted octanol–water partition coefficient (Wildman–Crippen LogP) is 4.71. The van der Waals surface area contributed by atoms with E-state index in [0.29, 0.717) is 0 Å². The Hall–Kier alpha value is -5.52. The van der Waals surface area contributed by atoms with Crippen LogP contribution < -0.4 is 0 Å². The average Bonchev–Trinajstić information content (AvgIpc) is 3.01. The Morgan fingerprint density at radius 3 is 1.36 bits per heavy atom. The molecular weight excluding hydrogens is 528 g/mol. The van der Waals surface area contributed by atoms with Crippen molar-refractivity contribution in [3.8, 4) is 0 Å². The van der Waals surface area contributed by atoms with E-state index in [-0.39, 0.29) is 0 Å². The van der Waals surface area contributed by atoms with Gasteiger partial charge in [-0.3, -0.25) is 15.0 Å². The van der Waals surface area contributed by atoms with E-state index in [1.54, 1.807) is 67.9 Å². The van der Waals surface area contributed by atoms with Gasteiger partial charge in [0.1, 0.15) is 12.2 Å². The summed E-state index contributed by atoms with van der Waals surface area (Å²) >= 11 is 0. The largest absolute Gasteiger partial charge is 0.262 e. The van der Waals surface area contributed by atoms with Gasteiger partial charge in [0.2, 0.25) is 0 Å². The highest BCUT2D eigenvalue weighted by Gasteiger charge is 1.78. The molecule has 6 rings (SSSR count). The zero-order chi connectivity index (χ0) is 30.7. The van der Waals surface area contributed by atoms with Crippen LogP contribution in [-0.2, 0) is 0 Å². The van der Waals surface area contributed by atoms with Gasteiger partial charge in [-0.15, -0.1) is 10.2 Å². The van der Waals surface area contributed by atoms with E-state index in [9.17, 15) is 0 Å². The molecule has 0 unspecified atom stereocenters. The summed E-state index contributed by atoms with van der Waals surface area (Å²) in [6, 6.07) is 15.1. The number of hydrogen-bond acceptors (Lipinski definition) is 12. The van der Waals surface area contributed by atoms with E-state index in [4.69, 9.17) is 0 Å². The molecule has 0 aliphatic rings. The normalized spacial score (nSPS) is 8.71. The standard InChI is InChI=1S/C6H7N.4C5H6N2.C4H5N3/c1-6-4-2-3-5-7-6;1-5-4-6-2-3-7-5;1-5-2-3-6-4-7-5;1-5-6-3-2-4-7-5;1-5-3-2-4-6-7-5;1-4-2-3-5-7-6-4/h2-5H,1H3;4*2-4H,1H3;2-3H,1H3. The predicted molar refractivity (Wildman–Crippen MR) is 161 cm³/mol. The number of pyridine rings is 1. The fourth-order valence-electron chi connectivity index (χ4n) is 2.23. The van der Waals surface area contributed by atoms with E-state index in [0.717, 1.165) is 34.3 Å². The minimum absolute atomic E-state index is 0.822. The van der Waals surface area contributed by atoms with E-state index >= 15 is 0 Å². The van der Waals surface area contributed by atoms with Crippen LogP contribution >= 0.6 is 0 Å². The zero-order valence-electron chi connectivity index (χ0n) is 24.8. The highest BCUT2D eigenvalue weighted by molar-refractivity contribution is 5.00. The van der Waals surface area contributed by atoms with Crippen LogP contribution in [0.5, 0.6) is 0 Å². The van der Waals surface area contributed by atoms with Gasteiger partial charge in [0, 0.05) is 61.0 Å². The SMILES string of the molecule is Cc1ccccn1.Cc1cccnn1.Cc1ccncn1.Cc1ccnnn1.Cc1cnccn1.Cc1ncccn1. The number of nitrogens with zero attached hydrogens (tertiary/aromatic N) is 12. The molecule has 0 amide bonds. The fraction of sp³-hybridized carbons (Fsp3) is 0.200. The molecule has 6 aromatic rings. The van der Waals surface area contributed by atoms with E-state index in [1.165, 1.54) is 6.33 Å². The number of hydrogen-bond donors (Lipinski definition) is 0. The van der Waals surface area contributed by atoms with Gasteiger partial charge in [0.15, 0.2) is 0 Å². The topological polar surface area (TPSA) is 155 Å². The third-order valence-corrected chi connectivity index (χ3v) is 4.27. The zero-order valence-corrected chi connectivity index (χ0v) is 24.8. The fourth-order valence-corrected chi connectivity index (χ4v) is 2.23. The molecule has 12 nitrogen and oxygen atoms in total. The summed E-state index contributed by atoms with van der Waals surface area (Å²) in [4.78, 5) is 27.1. The molecule has 0 N–H and O–H groups in total. The summed E-state index contributed by atoms with van der Waals surface area (Å²) in [6.07, 6.45) is 16.8. The molecule has 0 aliphatic heterocycles. The van der Waals surface area contributed by atoms with Gasteiger partial charge in [-0.2, -0.15) is 10.2 Å². The summed E-state index contributed by atoms with van der Waals surface area (Å²) in [5.74, 6) is 0.822. The lowest BCUT2D eigenvalue weighted by Crippen LogP contribution is -1.85. The van der Waals surface area contributed by atoms with Crippen LogP contribution in [0.1, 0.15) is 34.3 Å². The first-order chi connectivity index (χ1) is 20.4. The Balaban J connectivity index is 0.000000252. The van der Waals surface area contributed by atoms with Crippen molar-refractivity contribution in [1.82, 2.24) is 60.5 Å². The van der Waals surface area contributed by atoms with Crippen LogP contribution in [0.3, 0.4) is 0 Å². The number of aryl methyl sites for hydroxylation is 6. The number of aromatic nitrogens is 12. The van der Waals surface area contributed by atoms with E-state index in [2.05, 4.69) is 60.5 Å². The van der Waals surface area contributed by atoms with Gasteiger partial charge < -0.3 is 0 Å². The third kappa shape index (κ3) is 21.4. The Labute approximate surface area is 246 Å². The molecule has 0 aliphatic carbocycles. The molecule has 0 saturated carbocycles. The van der Waals surface area contributed by atoms with Crippen LogP contribution in [0.4, 0.5) is 0 Å². The maximum Gasteiger partial charge on any atom is 0.125 e. The Kier molecular flexibility index (Phi) is 19.2. The molecule has 216 valence electrons. The molecule has 0 atom stereocenters. The van der Waals surface area contributed by atoms with Crippen LogP contribution in [-0.4, -0.2) is 60.5 Å². The molecule has 0 bridgehead atoms. The Morgan fingerprint density at radius 1 is 0.405 bits per heavy atom. The Morgan fingerprint density at radius 2 is 1.07 bits per heavy atom. The van der Waals surface area contributed by atoms with Crippen LogP contribution in [0.25, 0.3) is 0 Å². The lowest BCUT2D eigenvalue weighted by molar-refractivity contribution is 0.839. The molecule has 0 saturated heterocycles.